The summed E-state index contributed by atoms with van der Waals surface area (Å²) in [6.07, 6.45) is 4.61. The number of carbonyl (C=O) groups is 3. The first kappa shape index (κ1) is 24.7. The van der Waals surface area contributed by atoms with Gasteiger partial charge in [0.25, 0.3) is 0 Å². The maximum Gasteiger partial charge on any atom is 0.513 e. The van der Waals surface area contributed by atoms with Crippen molar-refractivity contribution in [2.75, 3.05) is 13.2 Å². The van der Waals surface area contributed by atoms with E-state index in [2.05, 4.69) is 6.58 Å². The molecule has 0 bridgehead atoms. The second-order valence-electron chi connectivity index (χ2n) is 7.07. The molecule has 0 spiro atoms. The fourth-order valence-corrected chi connectivity index (χ4v) is 2.68. The van der Waals surface area contributed by atoms with Crippen LogP contribution in [0.1, 0.15) is 48.0 Å². The van der Waals surface area contributed by atoms with Crippen LogP contribution in [0.2, 0.25) is 0 Å². The minimum Gasteiger partial charge on any atom is -0.463 e. The summed E-state index contributed by atoms with van der Waals surface area (Å²) in [5.74, 6) is -0.174. The van der Waals surface area contributed by atoms with Gasteiger partial charge in [-0.25, -0.2) is 14.4 Å². The third-order valence-electron chi connectivity index (χ3n) is 4.44. The molecule has 2 aromatic carbocycles. The molecule has 0 atom stereocenters. The van der Waals surface area contributed by atoms with Crippen molar-refractivity contribution in [2.45, 2.75) is 39.0 Å². The fraction of sp³-hybridized carbons (Fsp3) is 0.320. The molecule has 0 unspecified atom stereocenters. The SMILES string of the molecule is C=CC(=O)OCCCCCCCOC(=O)Oc1ccc(C(=O)Oc2ccc(C)cc2)cc1. The highest BCUT2D eigenvalue weighted by atomic mass is 16.7. The molecule has 0 saturated carbocycles. The lowest BCUT2D eigenvalue weighted by molar-refractivity contribution is -0.137. The number of hydrogen-bond acceptors (Lipinski definition) is 7. The van der Waals surface area contributed by atoms with Crippen molar-refractivity contribution in [1.29, 1.82) is 0 Å². The molecule has 0 N–H and O–H groups in total. The Labute approximate surface area is 187 Å². The molecule has 0 aliphatic rings. The standard InChI is InChI=1S/C25H28O7/c1-3-23(26)29-17-7-5-4-6-8-18-30-25(28)32-22-15-11-20(12-16-22)24(27)31-21-13-9-19(2)10-14-21/h3,9-16H,1,4-8,17-18H2,2H3. The number of benzene rings is 2. The quantitative estimate of drug-likeness (QED) is 0.143. The average Bonchev–Trinajstić information content (AvgIpc) is 2.79. The van der Waals surface area contributed by atoms with Crippen LogP contribution in [0, 0.1) is 6.92 Å². The third-order valence-corrected chi connectivity index (χ3v) is 4.44. The maximum atomic E-state index is 12.2. The second-order valence-corrected chi connectivity index (χ2v) is 7.07. The first-order valence-corrected chi connectivity index (χ1v) is 10.5. The zero-order valence-corrected chi connectivity index (χ0v) is 18.2. The largest absolute Gasteiger partial charge is 0.513 e. The molecule has 2 aromatic rings. The van der Waals surface area contributed by atoms with E-state index in [1.807, 2.05) is 19.1 Å². The lowest BCUT2D eigenvalue weighted by Gasteiger charge is -2.07. The number of ether oxygens (including phenoxy) is 4. The van der Waals surface area contributed by atoms with Gasteiger partial charge in [-0.3, -0.25) is 0 Å². The fourth-order valence-electron chi connectivity index (χ4n) is 2.68. The van der Waals surface area contributed by atoms with Crippen LogP contribution in [0.4, 0.5) is 4.79 Å². The van der Waals surface area contributed by atoms with E-state index < -0.39 is 18.1 Å². The van der Waals surface area contributed by atoms with Gasteiger partial charge in [0.15, 0.2) is 0 Å². The molecule has 32 heavy (non-hydrogen) atoms. The summed E-state index contributed by atoms with van der Waals surface area (Å²) in [4.78, 5) is 34.8. The Morgan fingerprint density at radius 1 is 0.750 bits per heavy atom. The average molecular weight is 440 g/mol. The minimum absolute atomic E-state index is 0.255. The molecule has 0 radical (unpaired) electrons. The third kappa shape index (κ3) is 9.47. The van der Waals surface area contributed by atoms with E-state index in [1.165, 1.54) is 24.3 Å². The van der Waals surface area contributed by atoms with Crippen LogP contribution in [0.25, 0.3) is 0 Å². The number of esters is 2. The summed E-state index contributed by atoms with van der Waals surface area (Å²) >= 11 is 0. The van der Waals surface area contributed by atoms with Gasteiger partial charge in [0.2, 0.25) is 0 Å². The van der Waals surface area contributed by atoms with Crippen molar-refractivity contribution in [3.63, 3.8) is 0 Å². The summed E-state index contributed by atoms with van der Waals surface area (Å²) in [6, 6.07) is 13.2. The van der Waals surface area contributed by atoms with E-state index in [-0.39, 0.29) is 12.4 Å². The van der Waals surface area contributed by atoms with E-state index >= 15 is 0 Å². The molecule has 0 aliphatic heterocycles. The van der Waals surface area contributed by atoms with Gasteiger partial charge in [-0.2, -0.15) is 0 Å². The van der Waals surface area contributed by atoms with Crippen LogP contribution in [0.3, 0.4) is 0 Å². The summed E-state index contributed by atoms with van der Waals surface area (Å²) in [5, 5.41) is 0. The van der Waals surface area contributed by atoms with E-state index in [0.29, 0.717) is 24.3 Å². The highest BCUT2D eigenvalue weighted by Gasteiger charge is 2.11. The van der Waals surface area contributed by atoms with E-state index in [9.17, 15) is 14.4 Å². The van der Waals surface area contributed by atoms with E-state index in [1.54, 1.807) is 12.1 Å². The summed E-state index contributed by atoms with van der Waals surface area (Å²) < 4.78 is 20.3. The highest BCUT2D eigenvalue weighted by molar-refractivity contribution is 5.91. The Kier molecular flexibility index (Phi) is 10.5. The molecule has 0 aromatic heterocycles. The van der Waals surface area contributed by atoms with Crippen LogP contribution < -0.4 is 9.47 Å². The predicted octanol–water partition coefficient (Wildman–Crippen LogP) is 5.41. The molecule has 7 nitrogen and oxygen atoms in total. The van der Waals surface area contributed by atoms with Crippen LogP contribution in [-0.2, 0) is 14.3 Å². The molecule has 0 aliphatic carbocycles. The molecule has 0 amide bonds. The Morgan fingerprint density at radius 3 is 1.91 bits per heavy atom. The Balaban J connectivity index is 1.60. The molecule has 0 fully saturated rings. The van der Waals surface area contributed by atoms with Crippen molar-refractivity contribution < 1.29 is 33.3 Å². The number of unbranched alkanes of at least 4 members (excludes halogenated alkanes) is 4. The highest BCUT2D eigenvalue weighted by Crippen LogP contribution is 2.17. The van der Waals surface area contributed by atoms with Crippen molar-refractivity contribution >= 4 is 18.1 Å². The molecule has 0 saturated heterocycles. The van der Waals surface area contributed by atoms with Crippen LogP contribution >= 0.6 is 0 Å². The lowest BCUT2D eigenvalue weighted by atomic mass is 10.1. The van der Waals surface area contributed by atoms with E-state index in [4.69, 9.17) is 18.9 Å². The van der Waals surface area contributed by atoms with Gasteiger partial charge in [0.05, 0.1) is 18.8 Å². The van der Waals surface area contributed by atoms with Crippen LogP contribution in [0.5, 0.6) is 11.5 Å². The normalized spacial score (nSPS) is 10.2. The van der Waals surface area contributed by atoms with Crippen molar-refractivity contribution in [3.05, 3.63) is 72.3 Å². The molecule has 170 valence electrons. The van der Waals surface area contributed by atoms with Crippen molar-refractivity contribution in [1.82, 2.24) is 0 Å². The van der Waals surface area contributed by atoms with Gasteiger partial charge < -0.3 is 18.9 Å². The van der Waals surface area contributed by atoms with Crippen molar-refractivity contribution in [3.8, 4) is 11.5 Å². The summed E-state index contributed by atoms with van der Waals surface area (Å²) in [5.41, 5.74) is 1.41. The van der Waals surface area contributed by atoms with E-state index in [0.717, 1.165) is 37.3 Å². The Morgan fingerprint density at radius 2 is 1.28 bits per heavy atom. The smallest absolute Gasteiger partial charge is 0.463 e. The molecular formula is C25H28O7. The van der Waals surface area contributed by atoms with Gasteiger partial charge in [-0.05, 0) is 56.2 Å². The number of aryl methyl sites for hydroxylation is 1. The Bertz CT molecular complexity index is 886. The van der Waals surface area contributed by atoms with Gasteiger partial charge in [-0.1, -0.05) is 43.5 Å². The van der Waals surface area contributed by atoms with Gasteiger partial charge >= 0.3 is 18.1 Å². The number of rotatable bonds is 12. The molecular weight excluding hydrogens is 412 g/mol. The summed E-state index contributed by atoms with van der Waals surface area (Å²) in [7, 11) is 0. The second kappa shape index (κ2) is 13.6. The zero-order chi connectivity index (χ0) is 23.2. The topological polar surface area (TPSA) is 88.1 Å². The van der Waals surface area contributed by atoms with Gasteiger partial charge in [0.1, 0.15) is 11.5 Å². The van der Waals surface area contributed by atoms with Crippen LogP contribution in [0.15, 0.2) is 61.2 Å². The van der Waals surface area contributed by atoms with Gasteiger partial charge in [-0.15, -0.1) is 0 Å². The van der Waals surface area contributed by atoms with Crippen LogP contribution in [-0.4, -0.2) is 31.3 Å². The molecule has 2 rings (SSSR count). The van der Waals surface area contributed by atoms with Crippen molar-refractivity contribution in [2.24, 2.45) is 0 Å². The zero-order valence-electron chi connectivity index (χ0n) is 18.2. The molecule has 7 heteroatoms. The summed E-state index contributed by atoms with van der Waals surface area (Å²) in [6.45, 7) is 5.92. The monoisotopic (exact) mass is 440 g/mol. The Hall–Kier alpha value is -3.61. The first-order valence-electron chi connectivity index (χ1n) is 10.5. The predicted molar refractivity (Wildman–Crippen MR) is 119 cm³/mol. The first-order chi connectivity index (χ1) is 15.5. The number of carbonyl (C=O) groups excluding carboxylic acids is 3. The minimum atomic E-state index is -0.795. The number of hydrogen-bond donors (Lipinski definition) is 0. The van der Waals surface area contributed by atoms with Gasteiger partial charge in [0, 0.05) is 6.08 Å². The molecule has 0 heterocycles. The lowest BCUT2D eigenvalue weighted by Crippen LogP contribution is -2.12. The maximum absolute atomic E-state index is 12.2.